The van der Waals surface area contributed by atoms with E-state index in [0.29, 0.717) is 10.4 Å². The molecular weight excluding hydrogens is 330 g/mol. The third-order valence-electron chi connectivity index (χ3n) is 4.08. The van der Waals surface area contributed by atoms with Crippen LogP contribution in [0.4, 0.5) is 5.69 Å². The van der Waals surface area contributed by atoms with Crippen LogP contribution in [0, 0.1) is 5.92 Å². The summed E-state index contributed by atoms with van der Waals surface area (Å²) >= 11 is 3.33. The molecule has 0 unspecified atom stereocenters. The first-order valence-corrected chi connectivity index (χ1v) is 7.97. The van der Waals surface area contributed by atoms with Crippen molar-refractivity contribution in [1.82, 2.24) is 9.78 Å². The minimum atomic E-state index is -0.117. The van der Waals surface area contributed by atoms with E-state index in [0.717, 1.165) is 31.5 Å². The van der Waals surface area contributed by atoms with E-state index in [1.54, 1.807) is 13.2 Å². The monoisotopic (exact) mass is 347 g/mol. The van der Waals surface area contributed by atoms with E-state index in [1.165, 1.54) is 15.8 Å². The lowest BCUT2D eigenvalue weighted by atomic mass is 10.0. The van der Waals surface area contributed by atoms with Crippen LogP contribution < -0.4 is 10.9 Å². The summed E-state index contributed by atoms with van der Waals surface area (Å²) in [5.41, 5.74) is 3.62. The van der Waals surface area contributed by atoms with Crippen molar-refractivity contribution in [3.8, 4) is 0 Å². The number of halogens is 1. The molecule has 0 saturated carbocycles. The Morgan fingerprint density at radius 3 is 2.67 bits per heavy atom. The zero-order chi connectivity index (χ0) is 14.8. The lowest BCUT2D eigenvalue weighted by Crippen LogP contribution is -2.21. The van der Waals surface area contributed by atoms with E-state index in [1.807, 2.05) is 0 Å². The Balaban J connectivity index is 1.56. The summed E-state index contributed by atoms with van der Waals surface area (Å²) in [5, 5.41) is 7.35. The summed E-state index contributed by atoms with van der Waals surface area (Å²) in [4.78, 5) is 11.8. The molecule has 0 bridgehead atoms. The molecule has 110 valence electrons. The standard InChI is InChI=1S/C16H18BrN3O/c1-20-16(21)15(17)14(10-19-20)18-7-6-11-8-12-4-2-3-5-13(12)9-11/h2-5,10-11,18H,6-9H2,1H3. The molecule has 0 saturated heterocycles. The van der Waals surface area contributed by atoms with Crippen LogP contribution in [-0.4, -0.2) is 16.3 Å². The molecule has 1 N–H and O–H groups in total. The van der Waals surface area contributed by atoms with E-state index in [4.69, 9.17) is 0 Å². The molecule has 1 heterocycles. The zero-order valence-electron chi connectivity index (χ0n) is 12.0. The second kappa shape index (κ2) is 6.02. The molecule has 2 aromatic rings. The number of fused-ring (bicyclic) bond motifs is 1. The number of hydrogen-bond donors (Lipinski definition) is 1. The van der Waals surface area contributed by atoms with Crippen LogP contribution in [0.25, 0.3) is 0 Å². The van der Waals surface area contributed by atoms with Gasteiger partial charge in [-0.3, -0.25) is 4.79 Å². The number of hydrogen-bond acceptors (Lipinski definition) is 3. The van der Waals surface area contributed by atoms with Gasteiger partial charge in [0.1, 0.15) is 4.47 Å². The first-order chi connectivity index (χ1) is 10.1. The molecule has 5 heteroatoms. The van der Waals surface area contributed by atoms with Crippen LogP contribution in [0.5, 0.6) is 0 Å². The molecule has 1 aromatic carbocycles. The van der Waals surface area contributed by atoms with Gasteiger partial charge >= 0.3 is 0 Å². The predicted octanol–water partition coefficient (Wildman–Crippen LogP) is 2.76. The largest absolute Gasteiger partial charge is 0.383 e. The Bertz CT molecular complexity index is 686. The Morgan fingerprint density at radius 1 is 1.33 bits per heavy atom. The summed E-state index contributed by atoms with van der Waals surface area (Å²) < 4.78 is 1.87. The number of rotatable bonds is 4. The highest BCUT2D eigenvalue weighted by Gasteiger charge is 2.20. The van der Waals surface area contributed by atoms with Crippen molar-refractivity contribution in [3.05, 3.63) is 56.4 Å². The average Bonchev–Trinajstić information content (AvgIpc) is 2.90. The van der Waals surface area contributed by atoms with Gasteiger partial charge in [-0.25, -0.2) is 4.68 Å². The van der Waals surface area contributed by atoms with Gasteiger partial charge in [-0.1, -0.05) is 24.3 Å². The maximum atomic E-state index is 11.8. The first-order valence-electron chi connectivity index (χ1n) is 7.17. The summed E-state index contributed by atoms with van der Waals surface area (Å²) in [7, 11) is 1.65. The predicted molar refractivity (Wildman–Crippen MR) is 87.6 cm³/mol. The van der Waals surface area contributed by atoms with E-state index in [9.17, 15) is 4.79 Å². The van der Waals surface area contributed by atoms with E-state index in [-0.39, 0.29) is 5.56 Å². The fraction of sp³-hybridized carbons (Fsp3) is 0.375. The fourth-order valence-electron chi connectivity index (χ4n) is 2.90. The number of aromatic nitrogens is 2. The lowest BCUT2D eigenvalue weighted by molar-refractivity contribution is 0.529. The van der Waals surface area contributed by atoms with Gasteiger partial charge in [-0.15, -0.1) is 0 Å². The van der Waals surface area contributed by atoms with Crippen LogP contribution >= 0.6 is 15.9 Å². The highest BCUT2D eigenvalue weighted by atomic mass is 79.9. The number of anilines is 1. The van der Waals surface area contributed by atoms with Crippen LogP contribution in [0.3, 0.4) is 0 Å². The van der Waals surface area contributed by atoms with Crippen LogP contribution in [0.1, 0.15) is 17.5 Å². The minimum Gasteiger partial charge on any atom is -0.383 e. The topological polar surface area (TPSA) is 46.9 Å². The second-order valence-electron chi connectivity index (χ2n) is 5.56. The van der Waals surface area contributed by atoms with Crippen molar-refractivity contribution in [2.45, 2.75) is 19.3 Å². The maximum Gasteiger partial charge on any atom is 0.282 e. The summed E-state index contributed by atoms with van der Waals surface area (Å²) in [6.07, 6.45) is 5.10. The summed E-state index contributed by atoms with van der Waals surface area (Å²) in [6, 6.07) is 8.68. The smallest absolute Gasteiger partial charge is 0.282 e. The van der Waals surface area contributed by atoms with Crippen molar-refractivity contribution in [2.75, 3.05) is 11.9 Å². The molecule has 0 aliphatic heterocycles. The van der Waals surface area contributed by atoms with Gasteiger partial charge in [0, 0.05) is 13.6 Å². The SMILES string of the molecule is Cn1ncc(NCCC2Cc3ccccc3C2)c(Br)c1=O. The first kappa shape index (κ1) is 14.3. The Kier molecular flexibility index (Phi) is 4.10. The van der Waals surface area contributed by atoms with Gasteiger partial charge in [0.15, 0.2) is 0 Å². The van der Waals surface area contributed by atoms with Crippen molar-refractivity contribution < 1.29 is 0 Å². The molecule has 21 heavy (non-hydrogen) atoms. The fourth-order valence-corrected chi connectivity index (χ4v) is 3.40. The molecule has 0 fully saturated rings. The Morgan fingerprint density at radius 2 is 2.00 bits per heavy atom. The van der Waals surface area contributed by atoms with Gasteiger partial charge in [-0.05, 0) is 52.2 Å². The van der Waals surface area contributed by atoms with Crippen molar-refractivity contribution in [3.63, 3.8) is 0 Å². The third-order valence-corrected chi connectivity index (χ3v) is 4.85. The average molecular weight is 348 g/mol. The van der Waals surface area contributed by atoms with Gasteiger partial charge in [0.2, 0.25) is 0 Å². The molecule has 0 spiro atoms. The molecular formula is C16H18BrN3O. The van der Waals surface area contributed by atoms with Crippen molar-refractivity contribution in [1.29, 1.82) is 0 Å². The molecule has 4 nitrogen and oxygen atoms in total. The van der Waals surface area contributed by atoms with Gasteiger partial charge in [-0.2, -0.15) is 5.10 Å². The molecule has 1 aliphatic carbocycles. The highest BCUT2D eigenvalue weighted by Crippen LogP contribution is 2.28. The van der Waals surface area contributed by atoms with Crippen molar-refractivity contribution in [2.24, 2.45) is 13.0 Å². The van der Waals surface area contributed by atoms with Gasteiger partial charge < -0.3 is 5.32 Å². The molecule has 0 atom stereocenters. The summed E-state index contributed by atoms with van der Waals surface area (Å²) in [6.45, 7) is 0.853. The lowest BCUT2D eigenvalue weighted by Gasteiger charge is -2.12. The molecule has 3 rings (SSSR count). The summed E-state index contributed by atoms with van der Waals surface area (Å²) in [5.74, 6) is 0.688. The van der Waals surface area contributed by atoms with Crippen LogP contribution in [0.2, 0.25) is 0 Å². The van der Waals surface area contributed by atoms with Crippen molar-refractivity contribution >= 4 is 21.6 Å². The van der Waals surface area contributed by atoms with Gasteiger partial charge in [0.05, 0.1) is 11.9 Å². The number of benzene rings is 1. The minimum absolute atomic E-state index is 0.117. The normalized spacial score (nSPS) is 14.2. The highest BCUT2D eigenvalue weighted by molar-refractivity contribution is 9.10. The number of aryl methyl sites for hydroxylation is 1. The van der Waals surface area contributed by atoms with Crippen LogP contribution in [0.15, 0.2) is 39.7 Å². The molecule has 0 radical (unpaired) electrons. The van der Waals surface area contributed by atoms with E-state index in [2.05, 4.69) is 50.6 Å². The maximum absolute atomic E-state index is 11.8. The zero-order valence-corrected chi connectivity index (χ0v) is 13.6. The van der Waals surface area contributed by atoms with Gasteiger partial charge in [0.25, 0.3) is 5.56 Å². The molecule has 1 aromatic heterocycles. The second-order valence-corrected chi connectivity index (χ2v) is 6.35. The Hall–Kier alpha value is -1.62. The molecule has 1 aliphatic rings. The number of nitrogens with zero attached hydrogens (tertiary/aromatic N) is 2. The van der Waals surface area contributed by atoms with Crippen LogP contribution in [-0.2, 0) is 19.9 Å². The Labute approximate surface area is 132 Å². The number of nitrogens with one attached hydrogen (secondary N) is 1. The van der Waals surface area contributed by atoms with E-state index < -0.39 is 0 Å². The quantitative estimate of drug-likeness (QED) is 0.924. The third kappa shape index (κ3) is 3.02. The molecule has 0 amide bonds. The van der Waals surface area contributed by atoms with E-state index >= 15 is 0 Å².